The number of carbonyl (C=O) groups is 1. The van der Waals surface area contributed by atoms with Gasteiger partial charge in [-0.3, -0.25) is 9.89 Å². The second-order valence-electron chi connectivity index (χ2n) is 4.59. The van der Waals surface area contributed by atoms with Crippen molar-refractivity contribution in [3.8, 4) is 0 Å². The van der Waals surface area contributed by atoms with Crippen LogP contribution in [-0.2, 0) is 6.54 Å². The maximum Gasteiger partial charge on any atom is 0.272 e. The van der Waals surface area contributed by atoms with Gasteiger partial charge < -0.3 is 10.2 Å². The van der Waals surface area contributed by atoms with Gasteiger partial charge in [0.05, 0.1) is 6.54 Å². The fraction of sp³-hybridized carbons (Fsp3) is 0.417. The molecule has 0 saturated carbocycles. The third-order valence-electron chi connectivity index (χ3n) is 3.19. The molecule has 1 amide bonds. The molecule has 1 aliphatic rings. The predicted molar refractivity (Wildman–Crippen MR) is 71.0 cm³/mol. The minimum absolute atomic E-state index is 0.276. The average Bonchev–Trinajstić information content (AvgIpc) is 3.18. The molecule has 0 unspecified atom stereocenters. The zero-order chi connectivity index (χ0) is 13.8. The molecule has 1 fully saturated rings. The molecule has 2 N–H and O–H groups in total. The van der Waals surface area contributed by atoms with Gasteiger partial charge >= 0.3 is 0 Å². The van der Waals surface area contributed by atoms with E-state index in [9.17, 15) is 4.79 Å². The molecular weight excluding hydrogens is 258 g/mol. The Morgan fingerprint density at radius 3 is 2.80 bits per heavy atom. The molecule has 0 aliphatic carbocycles. The van der Waals surface area contributed by atoms with Gasteiger partial charge in [0, 0.05) is 13.1 Å². The van der Waals surface area contributed by atoms with E-state index >= 15 is 0 Å². The summed E-state index contributed by atoms with van der Waals surface area (Å²) in [6, 6.07) is 3.53. The first kappa shape index (κ1) is 12.5. The number of hydrogen-bond acceptors (Lipinski definition) is 6. The van der Waals surface area contributed by atoms with Crippen LogP contribution in [0.3, 0.4) is 0 Å². The number of H-pyrrole nitrogens is 1. The monoisotopic (exact) mass is 273 g/mol. The molecule has 3 heterocycles. The minimum Gasteiger partial charge on any atom is -0.355 e. The first-order valence-corrected chi connectivity index (χ1v) is 6.54. The number of nitrogens with zero attached hydrogens (tertiary/aromatic N) is 5. The summed E-state index contributed by atoms with van der Waals surface area (Å²) in [4.78, 5) is 18.0. The number of nitrogens with one attached hydrogen (secondary N) is 2. The molecule has 1 saturated heterocycles. The lowest BCUT2D eigenvalue weighted by Crippen LogP contribution is -2.25. The number of hydrogen-bond donors (Lipinski definition) is 2. The summed E-state index contributed by atoms with van der Waals surface area (Å²) in [5, 5.41) is 17.2. The average molecular weight is 273 g/mol. The van der Waals surface area contributed by atoms with Crippen LogP contribution in [0.5, 0.6) is 0 Å². The molecule has 1 aliphatic heterocycles. The molecule has 8 heteroatoms. The van der Waals surface area contributed by atoms with Crippen molar-refractivity contribution in [3.05, 3.63) is 30.0 Å². The molecule has 0 radical (unpaired) electrons. The van der Waals surface area contributed by atoms with Gasteiger partial charge in [0.2, 0.25) is 0 Å². The normalized spacial score (nSPS) is 14.5. The van der Waals surface area contributed by atoms with Crippen LogP contribution in [0, 0.1) is 0 Å². The smallest absolute Gasteiger partial charge is 0.272 e. The van der Waals surface area contributed by atoms with Crippen LogP contribution in [0.15, 0.2) is 18.5 Å². The summed E-state index contributed by atoms with van der Waals surface area (Å²) < 4.78 is 0. The highest BCUT2D eigenvalue weighted by Gasteiger charge is 2.15. The van der Waals surface area contributed by atoms with Crippen LogP contribution in [0.25, 0.3) is 0 Å². The van der Waals surface area contributed by atoms with Gasteiger partial charge in [-0.2, -0.15) is 5.10 Å². The Hall–Kier alpha value is -2.51. The Morgan fingerprint density at radius 2 is 2.15 bits per heavy atom. The summed E-state index contributed by atoms with van der Waals surface area (Å²) in [5.41, 5.74) is 0.299. The predicted octanol–water partition coefficient (Wildman–Crippen LogP) is 0.125. The fourth-order valence-corrected chi connectivity index (χ4v) is 2.13. The van der Waals surface area contributed by atoms with Crippen LogP contribution in [0.2, 0.25) is 0 Å². The maximum absolute atomic E-state index is 11.9. The van der Waals surface area contributed by atoms with E-state index in [1.54, 1.807) is 6.07 Å². The van der Waals surface area contributed by atoms with Crippen molar-refractivity contribution in [2.24, 2.45) is 0 Å². The Bertz CT molecular complexity index is 560. The highest BCUT2D eigenvalue weighted by Crippen LogP contribution is 2.16. The third kappa shape index (κ3) is 2.73. The van der Waals surface area contributed by atoms with E-state index in [-0.39, 0.29) is 12.5 Å². The minimum atomic E-state index is -0.276. The topological polar surface area (TPSA) is 99.7 Å². The highest BCUT2D eigenvalue weighted by atomic mass is 16.1. The molecular formula is C12H15N7O. The van der Waals surface area contributed by atoms with Crippen molar-refractivity contribution in [2.75, 3.05) is 18.0 Å². The lowest BCUT2D eigenvalue weighted by Gasteiger charge is -2.15. The molecule has 0 bridgehead atoms. The Kier molecular flexibility index (Phi) is 3.53. The molecule has 2 aromatic rings. The van der Waals surface area contributed by atoms with Crippen molar-refractivity contribution in [1.29, 1.82) is 0 Å². The maximum atomic E-state index is 11.9. The van der Waals surface area contributed by atoms with Crippen LogP contribution in [-0.4, -0.2) is 44.4 Å². The zero-order valence-electron chi connectivity index (χ0n) is 10.9. The molecule has 0 aromatic carbocycles. The number of amides is 1. The standard InChI is InChI=1S/C12H15N7O/c20-12(13-7-10-14-8-15-17-10)9-3-4-11(18-16-9)19-5-1-2-6-19/h3-4,8H,1-2,5-7H2,(H,13,20)(H,14,15,17). The lowest BCUT2D eigenvalue weighted by atomic mass is 10.3. The van der Waals surface area contributed by atoms with Crippen LogP contribution in [0.1, 0.15) is 29.2 Å². The van der Waals surface area contributed by atoms with Gasteiger partial charge in [0.15, 0.2) is 11.5 Å². The molecule has 2 aromatic heterocycles. The second kappa shape index (κ2) is 5.64. The molecule has 20 heavy (non-hydrogen) atoms. The van der Waals surface area contributed by atoms with Crippen LogP contribution in [0.4, 0.5) is 5.82 Å². The number of aromatic amines is 1. The molecule has 3 rings (SSSR count). The highest BCUT2D eigenvalue weighted by molar-refractivity contribution is 5.92. The van der Waals surface area contributed by atoms with Gasteiger partial charge in [-0.15, -0.1) is 10.2 Å². The van der Waals surface area contributed by atoms with E-state index in [1.165, 1.54) is 19.2 Å². The van der Waals surface area contributed by atoms with E-state index in [4.69, 9.17) is 0 Å². The van der Waals surface area contributed by atoms with Crippen LogP contribution >= 0.6 is 0 Å². The van der Waals surface area contributed by atoms with Crippen molar-refractivity contribution in [1.82, 2.24) is 30.7 Å². The molecule has 8 nitrogen and oxygen atoms in total. The Morgan fingerprint density at radius 1 is 1.30 bits per heavy atom. The van der Waals surface area contributed by atoms with Crippen LogP contribution < -0.4 is 10.2 Å². The Labute approximate surface area is 115 Å². The summed E-state index contributed by atoms with van der Waals surface area (Å²) in [6.45, 7) is 2.30. The van der Waals surface area contributed by atoms with Crippen molar-refractivity contribution in [3.63, 3.8) is 0 Å². The van der Waals surface area contributed by atoms with E-state index in [1.807, 2.05) is 6.07 Å². The quantitative estimate of drug-likeness (QED) is 0.821. The van der Waals surface area contributed by atoms with Gasteiger partial charge in [-0.25, -0.2) is 4.98 Å². The number of aromatic nitrogens is 5. The molecule has 104 valence electrons. The third-order valence-corrected chi connectivity index (χ3v) is 3.19. The molecule has 0 atom stereocenters. The number of anilines is 1. The Balaban J connectivity index is 1.60. The van der Waals surface area contributed by atoms with Gasteiger partial charge in [-0.1, -0.05) is 0 Å². The summed E-state index contributed by atoms with van der Waals surface area (Å²) in [7, 11) is 0. The molecule has 0 spiro atoms. The van der Waals surface area contributed by atoms with Gasteiger partial charge in [0.1, 0.15) is 12.2 Å². The summed E-state index contributed by atoms with van der Waals surface area (Å²) in [6.07, 6.45) is 3.76. The van der Waals surface area contributed by atoms with E-state index < -0.39 is 0 Å². The van der Waals surface area contributed by atoms with Crippen molar-refractivity contribution >= 4 is 11.7 Å². The number of carbonyl (C=O) groups excluding carboxylic acids is 1. The summed E-state index contributed by atoms with van der Waals surface area (Å²) >= 11 is 0. The largest absolute Gasteiger partial charge is 0.355 e. The second-order valence-corrected chi connectivity index (χ2v) is 4.59. The zero-order valence-corrected chi connectivity index (χ0v) is 10.9. The van der Waals surface area contributed by atoms with Gasteiger partial charge in [-0.05, 0) is 25.0 Å². The first-order chi connectivity index (χ1) is 9.83. The lowest BCUT2D eigenvalue weighted by molar-refractivity contribution is 0.0944. The van der Waals surface area contributed by atoms with Gasteiger partial charge in [0.25, 0.3) is 5.91 Å². The number of rotatable bonds is 4. The van der Waals surface area contributed by atoms with E-state index in [0.717, 1.165) is 18.9 Å². The van der Waals surface area contributed by atoms with E-state index in [2.05, 4.69) is 35.6 Å². The first-order valence-electron chi connectivity index (χ1n) is 6.54. The van der Waals surface area contributed by atoms with E-state index in [0.29, 0.717) is 11.5 Å². The SMILES string of the molecule is O=C(NCc1ncn[nH]1)c1ccc(N2CCCC2)nn1. The fourth-order valence-electron chi connectivity index (χ4n) is 2.13. The van der Waals surface area contributed by atoms with Crippen molar-refractivity contribution in [2.45, 2.75) is 19.4 Å². The summed E-state index contributed by atoms with van der Waals surface area (Å²) in [5.74, 6) is 1.15. The van der Waals surface area contributed by atoms with Crippen molar-refractivity contribution < 1.29 is 4.79 Å².